The Hall–Kier alpha value is -0.910. The van der Waals surface area contributed by atoms with Crippen LogP contribution in [0.25, 0.3) is 0 Å². The van der Waals surface area contributed by atoms with Crippen LogP contribution in [0.5, 0.6) is 0 Å². The molecule has 0 saturated heterocycles. The minimum Gasteiger partial charge on any atom is -0.360 e. The summed E-state index contributed by atoms with van der Waals surface area (Å²) in [5.74, 6) is 0. The van der Waals surface area contributed by atoms with Crippen LogP contribution < -0.4 is 5.32 Å². The molecular formula is C15H16N2S3. The van der Waals surface area contributed by atoms with Gasteiger partial charge in [-0.15, -0.1) is 22.7 Å². The smallest absolute Gasteiger partial charge is 0.169 e. The summed E-state index contributed by atoms with van der Waals surface area (Å²) in [4.78, 5) is 5.30. The van der Waals surface area contributed by atoms with Gasteiger partial charge >= 0.3 is 0 Å². The molecule has 5 heteroatoms. The summed E-state index contributed by atoms with van der Waals surface area (Å²) in [7, 11) is 0. The Bertz CT molecular complexity index is 613. The number of fused-ring (bicyclic) bond motifs is 1. The molecule has 2 nitrogen and oxygen atoms in total. The van der Waals surface area contributed by atoms with E-state index in [0.717, 1.165) is 18.1 Å². The summed E-state index contributed by atoms with van der Waals surface area (Å²) < 4.78 is 0. The Balaban J connectivity index is 1.69. The second-order valence-electron chi connectivity index (χ2n) is 5.38. The number of nitrogens with zero attached hydrogens (tertiary/aromatic N) is 1. The number of rotatable bonds is 2. The van der Waals surface area contributed by atoms with Gasteiger partial charge < -0.3 is 10.2 Å². The Morgan fingerprint density at radius 3 is 2.90 bits per heavy atom. The predicted molar refractivity (Wildman–Crippen MR) is 89.6 cm³/mol. The third kappa shape index (κ3) is 2.28. The largest absolute Gasteiger partial charge is 0.360 e. The summed E-state index contributed by atoms with van der Waals surface area (Å²) in [6.45, 7) is 1.02. The SMILES string of the molecule is S=C(NC1CC1)N1CCc2sccc2[C@H]1c1cccs1. The maximum absolute atomic E-state index is 5.67. The maximum atomic E-state index is 5.67. The van der Waals surface area contributed by atoms with Gasteiger partial charge in [0.05, 0.1) is 6.04 Å². The molecule has 1 fully saturated rings. The zero-order chi connectivity index (χ0) is 13.5. The minimum atomic E-state index is 0.309. The van der Waals surface area contributed by atoms with Crippen LogP contribution in [0.1, 0.15) is 34.2 Å². The highest BCUT2D eigenvalue weighted by molar-refractivity contribution is 7.80. The molecule has 2 aromatic heterocycles. The number of thiocarbonyl (C=S) groups is 1. The quantitative estimate of drug-likeness (QED) is 0.848. The zero-order valence-electron chi connectivity index (χ0n) is 11.0. The van der Waals surface area contributed by atoms with Gasteiger partial charge in [0.1, 0.15) is 0 Å². The molecule has 4 rings (SSSR count). The lowest BCUT2D eigenvalue weighted by Crippen LogP contribution is -2.46. The van der Waals surface area contributed by atoms with E-state index in [-0.39, 0.29) is 0 Å². The monoisotopic (exact) mass is 320 g/mol. The highest BCUT2D eigenvalue weighted by Gasteiger charge is 2.33. The molecule has 0 amide bonds. The van der Waals surface area contributed by atoms with Gasteiger partial charge in [-0.2, -0.15) is 0 Å². The second-order valence-corrected chi connectivity index (χ2v) is 7.75. The molecule has 0 radical (unpaired) electrons. The van der Waals surface area contributed by atoms with E-state index in [1.165, 1.54) is 28.2 Å². The van der Waals surface area contributed by atoms with E-state index in [0.29, 0.717) is 12.1 Å². The average molecular weight is 321 g/mol. The maximum Gasteiger partial charge on any atom is 0.169 e. The van der Waals surface area contributed by atoms with Crippen molar-refractivity contribution in [3.05, 3.63) is 44.3 Å². The van der Waals surface area contributed by atoms with Crippen LogP contribution in [-0.2, 0) is 6.42 Å². The van der Waals surface area contributed by atoms with Gasteiger partial charge in [0.25, 0.3) is 0 Å². The van der Waals surface area contributed by atoms with Gasteiger partial charge in [0, 0.05) is 22.3 Å². The van der Waals surface area contributed by atoms with E-state index < -0.39 is 0 Å². The van der Waals surface area contributed by atoms with Gasteiger partial charge in [-0.25, -0.2) is 0 Å². The normalized spacial score (nSPS) is 21.6. The summed E-state index contributed by atoms with van der Waals surface area (Å²) >= 11 is 9.38. The topological polar surface area (TPSA) is 15.3 Å². The Morgan fingerprint density at radius 2 is 2.15 bits per heavy atom. The molecular weight excluding hydrogens is 304 g/mol. The van der Waals surface area contributed by atoms with Gasteiger partial charge in [-0.05, 0) is 59.9 Å². The van der Waals surface area contributed by atoms with Crippen molar-refractivity contribution in [1.29, 1.82) is 0 Å². The molecule has 104 valence electrons. The molecule has 0 aromatic carbocycles. The van der Waals surface area contributed by atoms with Crippen LogP contribution in [0, 0.1) is 0 Å². The van der Waals surface area contributed by atoms with Crippen LogP contribution >= 0.6 is 34.9 Å². The standard InChI is InChI=1S/C15H16N2S3/c18-15(16-10-3-4-10)17-7-5-12-11(6-9-20-12)14(17)13-2-1-8-19-13/h1-2,6,8-10,14H,3-5,7H2,(H,16,18)/t14-/m0/s1. The second kappa shape index (κ2) is 5.13. The highest BCUT2D eigenvalue weighted by Crippen LogP contribution is 2.39. The molecule has 3 heterocycles. The Morgan fingerprint density at radius 1 is 1.25 bits per heavy atom. The fourth-order valence-electron chi connectivity index (χ4n) is 2.77. The van der Waals surface area contributed by atoms with Gasteiger partial charge in [-0.1, -0.05) is 6.07 Å². The van der Waals surface area contributed by atoms with Gasteiger partial charge in [-0.3, -0.25) is 0 Å². The molecule has 2 aromatic rings. The van der Waals surface area contributed by atoms with Crippen molar-refractivity contribution in [3.63, 3.8) is 0 Å². The first kappa shape index (κ1) is 12.8. The van der Waals surface area contributed by atoms with E-state index >= 15 is 0 Å². The molecule has 1 aliphatic carbocycles. The van der Waals surface area contributed by atoms with Crippen LogP contribution in [0.15, 0.2) is 29.0 Å². The minimum absolute atomic E-state index is 0.309. The Kier molecular flexibility index (Phi) is 3.28. The Labute approximate surface area is 132 Å². The first-order valence-electron chi connectivity index (χ1n) is 7.00. The number of hydrogen-bond acceptors (Lipinski definition) is 3. The lowest BCUT2D eigenvalue weighted by molar-refractivity contribution is 0.340. The lowest BCUT2D eigenvalue weighted by atomic mass is 9.99. The van der Waals surface area contributed by atoms with Crippen LogP contribution in [-0.4, -0.2) is 22.6 Å². The van der Waals surface area contributed by atoms with E-state index in [4.69, 9.17) is 12.2 Å². The van der Waals surface area contributed by atoms with E-state index in [9.17, 15) is 0 Å². The van der Waals surface area contributed by atoms with Crippen molar-refractivity contribution < 1.29 is 0 Å². The molecule has 20 heavy (non-hydrogen) atoms. The molecule has 0 spiro atoms. The number of thiophene rings is 2. The molecule has 2 aliphatic rings. The summed E-state index contributed by atoms with van der Waals surface area (Å²) in [5.41, 5.74) is 1.45. The molecule has 1 N–H and O–H groups in total. The average Bonchev–Trinajstić information content (AvgIpc) is 2.97. The first-order valence-corrected chi connectivity index (χ1v) is 9.16. The zero-order valence-corrected chi connectivity index (χ0v) is 13.5. The summed E-state index contributed by atoms with van der Waals surface area (Å²) in [6.07, 6.45) is 3.64. The lowest BCUT2D eigenvalue weighted by Gasteiger charge is -2.37. The predicted octanol–water partition coefficient (Wildman–Crippen LogP) is 3.79. The van der Waals surface area contributed by atoms with Crippen molar-refractivity contribution >= 4 is 40.0 Å². The van der Waals surface area contributed by atoms with Crippen LogP contribution in [0.4, 0.5) is 0 Å². The molecule has 0 bridgehead atoms. The highest BCUT2D eigenvalue weighted by atomic mass is 32.1. The third-order valence-electron chi connectivity index (χ3n) is 3.94. The molecule has 1 atom stereocenters. The molecule has 1 aliphatic heterocycles. The molecule has 1 saturated carbocycles. The van der Waals surface area contributed by atoms with Crippen molar-refractivity contribution in [2.75, 3.05) is 6.54 Å². The van der Waals surface area contributed by atoms with E-state index in [1.54, 1.807) is 0 Å². The number of nitrogens with one attached hydrogen (secondary N) is 1. The van der Waals surface area contributed by atoms with Crippen molar-refractivity contribution in [1.82, 2.24) is 10.2 Å². The van der Waals surface area contributed by atoms with Crippen molar-refractivity contribution in [2.45, 2.75) is 31.3 Å². The summed E-state index contributed by atoms with van der Waals surface area (Å²) in [5, 5.41) is 8.81. The first-order chi connectivity index (χ1) is 9.83. The van der Waals surface area contributed by atoms with Gasteiger partial charge in [0.2, 0.25) is 0 Å². The summed E-state index contributed by atoms with van der Waals surface area (Å²) in [6, 6.07) is 7.57. The van der Waals surface area contributed by atoms with E-state index in [1.807, 2.05) is 22.7 Å². The van der Waals surface area contributed by atoms with Gasteiger partial charge in [0.15, 0.2) is 5.11 Å². The van der Waals surface area contributed by atoms with Crippen LogP contribution in [0.3, 0.4) is 0 Å². The third-order valence-corrected chi connectivity index (χ3v) is 6.22. The molecule has 0 unspecified atom stereocenters. The van der Waals surface area contributed by atoms with Crippen LogP contribution in [0.2, 0.25) is 0 Å². The fourth-order valence-corrected chi connectivity index (χ4v) is 4.90. The number of hydrogen-bond donors (Lipinski definition) is 1. The fraction of sp³-hybridized carbons (Fsp3) is 0.400. The van der Waals surface area contributed by atoms with E-state index in [2.05, 4.69) is 39.2 Å². The van der Waals surface area contributed by atoms with Crippen molar-refractivity contribution in [2.24, 2.45) is 0 Å². The van der Waals surface area contributed by atoms with Crippen molar-refractivity contribution in [3.8, 4) is 0 Å².